The van der Waals surface area contributed by atoms with Crippen LogP contribution in [0.2, 0.25) is 0 Å². The lowest BCUT2D eigenvalue weighted by Gasteiger charge is -2.08. The van der Waals surface area contributed by atoms with Gasteiger partial charge in [0.15, 0.2) is 5.78 Å². The molecule has 5 heteroatoms. The fraction of sp³-hybridized carbons (Fsp3) is 0.176. The zero-order valence-corrected chi connectivity index (χ0v) is 12.5. The van der Waals surface area contributed by atoms with Crippen LogP contribution in [0.3, 0.4) is 0 Å². The lowest BCUT2D eigenvalue weighted by atomic mass is 10.1. The minimum atomic E-state index is -0.386. The number of carbonyl (C=O) groups is 1. The van der Waals surface area contributed by atoms with Crippen LogP contribution in [0.15, 0.2) is 47.5 Å². The first-order valence-electron chi connectivity index (χ1n) is 6.76. The highest BCUT2D eigenvalue weighted by atomic mass is 19.1. The Balaban J connectivity index is 2.20. The molecule has 0 amide bonds. The van der Waals surface area contributed by atoms with E-state index in [2.05, 4.69) is 4.99 Å². The van der Waals surface area contributed by atoms with Crippen molar-refractivity contribution in [2.45, 2.75) is 13.3 Å². The molecular formula is C17H17FN2O2. The van der Waals surface area contributed by atoms with Crippen molar-refractivity contribution in [1.82, 2.24) is 0 Å². The maximum absolute atomic E-state index is 12.9. The van der Waals surface area contributed by atoms with E-state index in [9.17, 15) is 9.18 Å². The first-order valence-corrected chi connectivity index (χ1v) is 6.76. The number of carbonyl (C=O) groups excluding carboxylic acids is 1. The molecule has 0 fully saturated rings. The van der Waals surface area contributed by atoms with Gasteiger partial charge in [-0.3, -0.25) is 4.79 Å². The number of nitrogens with zero attached hydrogens (tertiary/aromatic N) is 1. The second-order valence-corrected chi connectivity index (χ2v) is 4.84. The Labute approximate surface area is 128 Å². The molecule has 0 aliphatic heterocycles. The molecule has 4 nitrogen and oxygen atoms in total. The number of aryl methyl sites for hydroxylation is 1. The number of methoxy groups -OCH3 is 1. The van der Waals surface area contributed by atoms with Crippen molar-refractivity contribution in [3.63, 3.8) is 0 Å². The summed E-state index contributed by atoms with van der Waals surface area (Å²) in [7, 11) is 1.55. The summed E-state index contributed by atoms with van der Waals surface area (Å²) in [6, 6.07) is 10.9. The summed E-state index contributed by atoms with van der Waals surface area (Å²) >= 11 is 0. The maximum Gasteiger partial charge on any atom is 0.170 e. The van der Waals surface area contributed by atoms with E-state index >= 15 is 0 Å². The number of amidine groups is 1. The van der Waals surface area contributed by atoms with Crippen LogP contribution in [0.1, 0.15) is 22.3 Å². The van der Waals surface area contributed by atoms with Gasteiger partial charge in [0.1, 0.15) is 23.1 Å². The largest absolute Gasteiger partial charge is 0.494 e. The quantitative estimate of drug-likeness (QED) is 0.523. The van der Waals surface area contributed by atoms with E-state index in [1.165, 1.54) is 24.3 Å². The normalized spacial score (nSPS) is 11.3. The van der Waals surface area contributed by atoms with Crippen LogP contribution in [0.25, 0.3) is 0 Å². The number of hydrogen-bond acceptors (Lipinski definition) is 3. The molecular weight excluding hydrogens is 283 g/mol. The predicted molar refractivity (Wildman–Crippen MR) is 84.4 cm³/mol. The van der Waals surface area contributed by atoms with E-state index < -0.39 is 0 Å². The minimum Gasteiger partial charge on any atom is -0.494 e. The highest BCUT2D eigenvalue weighted by Crippen LogP contribution is 2.30. The van der Waals surface area contributed by atoms with Crippen LogP contribution in [0, 0.1) is 12.7 Å². The zero-order valence-electron chi connectivity index (χ0n) is 12.5. The van der Waals surface area contributed by atoms with Crippen LogP contribution in [-0.2, 0) is 0 Å². The van der Waals surface area contributed by atoms with Crippen molar-refractivity contribution >= 4 is 17.3 Å². The van der Waals surface area contributed by atoms with Gasteiger partial charge in [0.25, 0.3) is 0 Å². The van der Waals surface area contributed by atoms with Gasteiger partial charge in [0.05, 0.1) is 13.5 Å². The molecule has 2 aromatic rings. The van der Waals surface area contributed by atoms with Gasteiger partial charge in [-0.2, -0.15) is 0 Å². The number of Topliss-reactive ketones (excluding diaryl/α,β-unsaturated/α-hetero) is 1. The fourth-order valence-corrected chi connectivity index (χ4v) is 2.03. The minimum absolute atomic E-state index is 0.0386. The third kappa shape index (κ3) is 3.69. The van der Waals surface area contributed by atoms with Gasteiger partial charge in [0.2, 0.25) is 0 Å². The smallest absolute Gasteiger partial charge is 0.170 e. The number of ether oxygens (including phenoxy) is 1. The molecule has 0 aromatic heterocycles. The Bertz CT molecular complexity index is 709. The van der Waals surface area contributed by atoms with Crippen molar-refractivity contribution in [2.24, 2.45) is 10.7 Å². The molecule has 0 unspecified atom stereocenters. The Morgan fingerprint density at radius 1 is 1.23 bits per heavy atom. The van der Waals surface area contributed by atoms with Crippen LogP contribution in [0.4, 0.5) is 10.1 Å². The molecule has 0 saturated carbocycles. The number of aliphatic imine (C=N–C) groups is 1. The Kier molecular flexibility index (Phi) is 4.88. The van der Waals surface area contributed by atoms with Crippen LogP contribution < -0.4 is 10.5 Å². The van der Waals surface area contributed by atoms with E-state index in [1.54, 1.807) is 13.2 Å². The first kappa shape index (κ1) is 15.7. The van der Waals surface area contributed by atoms with Crippen molar-refractivity contribution < 1.29 is 13.9 Å². The molecule has 0 aliphatic carbocycles. The Morgan fingerprint density at radius 3 is 2.55 bits per heavy atom. The van der Waals surface area contributed by atoms with Crippen molar-refractivity contribution in [3.8, 4) is 5.75 Å². The first-order chi connectivity index (χ1) is 10.5. The number of halogens is 1. The molecule has 2 rings (SSSR count). The lowest BCUT2D eigenvalue weighted by molar-refractivity contribution is 0.100. The van der Waals surface area contributed by atoms with E-state index in [0.717, 1.165) is 5.56 Å². The number of benzene rings is 2. The summed E-state index contributed by atoms with van der Waals surface area (Å²) in [6.07, 6.45) is -0.0386. The van der Waals surface area contributed by atoms with Gasteiger partial charge >= 0.3 is 0 Å². The lowest BCUT2D eigenvalue weighted by Crippen LogP contribution is -2.17. The van der Waals surface area contributed by atoms with Gasteiger partial charge in [-0.05, 0) is 42.8 Å². The number of ketones is 1. The molecule has 2 aromatic carbocycles. The number of rotatable bonds is 5. The summed E-state index contributed by atoms with van der Waals surface area (Å²) in [5, 5.41) is 0. The average Bonchev–Trinajstić information content (AvgIpc) is 2.49. The third-order valence-electron chi connectivity index (χ3n) is 3.18. The fourth-order valence-electron chi connectivity index (χ4n) is 2.03. The summed E-state index contributed by atoms with van der Waals surface area (Å²) in [5.41, 5.74) is 7.77. The van der Waals surface area contributed by atoms with E-state index in [4.69, 9.17) is 10.5 Å². The average molecular weight is 300 g/mol. The van der Waals surface area contributed by atoms with Gasteiger partial charge < -0.3 is 10.5 Å². The van der Waals surface area contributed by atoms with Crippen molar-refractivity contribution in [1.29, 1.82) is 0 Å². The summed E-state index contributed by atoms with van der Waals surface area (Å²) in [5.74, 6) is 0.177. The van der Waals surface area contributed by atoms with E-state index in [-0.39, 0.29) is 23.9 Å². The van der Waals surface area contributed by atoms with Crippen LogP contribution in [-0.4, -0.2) is 18.7 Å². The van der Waals surface area contributed by atoms with Crippen LogP contribution >= 0.6 is 0 Å². The number of nitrogens with two attached hydrogens (primary N) is 1. The Morgan fingerprint density at radius 2 is 1.91 bits per heavy atom. The molecule has 0 saturated heterocycles. The van der Waals surface area contributed by atoms with Gasteiger partial charge in [0, 0.05) is 5.56 Å². The molecule has 0 aliphatic rings. The van der Waals surface area contributed by atoms with Gasteiger partial charge in [-0.1, -0.05) is 12.1 Å². The summed E-state index contributed by atoms with van der Waals surface area (Å²) in [4.78, 5) is 16.4. The SMILES string of the molecule is COc1cccc(C)c1N=C(N)CC(=O)c1ccc(F)cc1. The number of para-hydroxylation sites is 1. The van der Waals surface area contributed by atoms with Gasteiger partial charge in [-0.15, -0.1) is 0 Å². The second kappa shape index (κ2) is 6.85. The predicted octanol–water partition coefficient (Wildman–Crippen LogP) is 3.40. The molecule has 0 heterocycles. The molecule has 22 heavy (non-hydrogen) atoms. The van der Waals surface area contributed by atoms with Crippen molar-refractivity contribution in [2.75, 3.05) is 7.11 Å². The molecule has 0 atom stereocenters. The standard InChI is InChI=1S/C17H17FN2O2/c1-11-4-3-5-15(22-2)17(11)20-16(19)10-14(21)12-6-8-13(18)9-7-12/h3-9H,10H2,1-2H3,(H2,19,20). The maximum atomic E-state index is 12.9. The van der Waals surface area contributed by atoms with E-state index in [0.29, 0.717) is 17.0 Å². The second-order valence-electron chi connectivity index (χ2n) is 4.84. The molecule has 0 spiro atoms. The highest BCUT2D eigenvalue weighted by molar-refractivity contribution is 6.09. The zero-order chi connectivity index (χ0) is 16.1. The monoisotopic (exact) mass is 300 g/mol. The highest BCUT2D eigenvalue weighted by Gasteiger charge is 2.10. The number of hydrogen-bond donors (Lipinski definition) is 1. The van der Waals surface area contributed by atoms with Gasteiger partial charge in [-0.25, -0.2) is 9.38 Å². The Hall–Kier alpha value is -2.69. The molecule has 0 radical (unpaired) electrons. The third-order valence-corrected chi connectivity index (χ3v) is 3.18. The summed E-state index contributed by atoms with van der Waals surface area (Å²) in [6.45, 7) is 1.89. The van der Waals surface area contributed by atoms with Crippen LogP contribution in [0.5, 0.6) is 5.75 Å². The van der Waals surface area contributed by atoms with Crippen molar-refractivity contribution in [3.05, 3.63) is 59.4 Å². The molecule has 2 N–H and O–H groups in total. The molecule has 114 valence electrons. The topological polar surface area (TPSA) is 64.7 Å². The summed E-state index contributed by atoms with van der Waals surface area (Å²) < 4.78 is 18.1. The van der Waals surface area contributed by atoms with E-state index in [1.807, 2.05) is 19.1 Å². The molecule has 0 bridgehead atoms.